The number of aryl methyl sites for hydroxylation is 1. The Morgan fingerprint density at radius 2 is 1.85 bits per heavy atom. The Labute approximate surface area is 203 Å². The van der Waals surface area contributed by atoms with Gasteiger partial charge in [0.2, 0.25) is 0 Å². The number of nitrogens with zero attached hydrogens (tertiary/aromatic N) is 3. The number of benzene rings is 3. The minimum atomic E-state index is -0.256. The molecule has 0 saturated carbocycles. The number of hydrogen-bond acceptors (Lipinski definition) is 5. The van der Waals surface area contributed by atoms with E-state index in [2.05, 4.69) is 76.8 Å². The van der Waals surface area contributed by atoms with Gasteiger partial charge in [0.05, 0.1) is 16.9 Å². The Balaban J connectivity index is 1.38. The van der Waals surface area contributed by atoms with Crippen molar-refractivity contribution in [1.29, 1.82) is 0 Å². The predicted octanol–water partition coefficient (Wildman–Crippen LogP) is 6.42. The molecule has 0 aliphatic carbocycles. The smallest absolute Gasteiger partial charge is 0.140 e. The molecule has 0 bridgehead atoms. The zero-order valence-corrected chi connectivity index (χ0v) is 20.0. The normalized spacial score (nSPS) is 18.1. The first-order valence-corrected chi connectivity index (χ1v) is 12.6. The van der Waals surface area contributed by atoms with E-state index < -0.39 is 0 Å². The Morgan fingerprint density at radius 3 is 2.74 bits per heavy atom. The lowest BCUT2D eigenvalue weighted by Gasteiger charge is -2.41. The molecule has 1 saturated heterocycles. The van der Waals surface area contributed by atoms with E-state index in [0.717, 1.165) is 60.3 Å². The predicted molar refractivity (Wildman–Crippen MR) is 140 cm³/mol. The molecule has 0 radical (unpaired) electrons. The largest absolute Gasteiger partial charge is 0.353 e. The molecular weight excluding hydrogens is 443 g/mol. The molecule has 1 aromatic heterocycles. The third-order valence-corrected chi connectivity index (χ3v) is 8.02. The van der Waals surface area contributed by atoms with Gasteiger partial charge in [-0.1, -0.05) is 48.5 Å². The molecule has 4 aromatic rings. The Morgan fingerprint density at radius 1 is 1.03 bits per heavy atom. The zero-order valence-electron chi connectivity index (χ0n) is 19.2. The van der Waals surface area contributed by atoms with Gasteiger partial charge in [-0.2, -0.15) is 0 Å². The average Bonchev–Trinajstić information content (AvgIpc) is 3.13. The van der Waals surface area contributed by atoms with Crippen molar-refractivity contribution in [3.63, 3.8) is 0 Å². The summed E-state index contributed by atoms with van der Waals surface area (Å²) in [5.74, 6) is 0.733. The van der Waals surface area contributed by atoms with Gasteiger partial charge < -0.3 is 10.2 Å². The number of thiophene rings is 1. The first kappa shape index (κ1) is 21.3. The van der Waals surface area contributed by atoms with Crippen molar-refractivity contribution in [3.8, 4) is 0 Å². The van der Waals surface area contributed by atoms with Gasteiger partial charge in [0.15, 0.2) is 0 Å². The number of aliphatic imine (C=N–C) groups is 1. The van der Waals surface area contributed by atoms with Crippen LogP contribution in [0.1, 0.15) is 17.5 Å². The van der Waals surface area contributed by atoms with Gasteiger partial charge >= 0.3 is 0 Å². The van der Waals surface area contributed by atoms with Crippen molar-refractivity contribution >= 4 is 43.6 Å². The van der Waals surface area contributed by atoms with Crippen LogP contribution < -0.4 is 5.32 Å². The number of amidine groups is 1. The van der Waals surface area contributed by atoms with Crippen LogP contribution in [0.2, 0.25) is 0 Å². The quantitative estimate of drug-likeness (QED) is 0.375. The lowest BCUT2D eigenvalue weighted by molar-refractivity contribution is 0.134. The number of fused-ring (bicyclic) bond motifs is 4. The maximum Gasteiger partial charge on any atom is 0.140 e. The summed E-state index contributed by atoms with van der Waals surface area (Å²) in [6.45, 7) is 2.82. The number of rotatable bonds is 3. The molecule has 2 aliphatic heterocycles. The van der Waals surface area contributed by atoms with Gasteiger partial charge in [-0.25, -0.2) is 9.38 Å². The zero-order chi connectivity index (χ0) is 23.1. The minimum Gasteiger partial charge on any atom is -0.353 e. The van der Waals surface area contributed by atoms with Crippen LogP contribution >= 0.6 is 11.3 Å². The van der Waals surface area contributed by atoms with Crippen molar-refractivity contribution in [2.75, 3.05) is 32.0 Å². The molecule has 0 amide bonds. The SMILES string of the molecule is CN1CCN(C2=Nc3ccc(F)cc3Nc3sc4ccccc4c32)CC1CCc1ccccc1. The minimum absolute atomic E-state index is 0.256. The van der Waals surface area contributed by atoms with E-state index in [1.54, 1.807) is 23.5 Å². The molecule has 1 atom stereocenters. The number of likely N-dealkylation sites (N-methyl/N-ethyl adjacent to an activating group) is 1. The number of anilines is 2. The summed E-state index contributed by atoms with van der Waals surface area (Å²) in [4.78, 5) is 10.1. The van der Waals surface area contributed by atoms with Crippen LogP contribution in [0.4, 0.5) is 20.8 Å². The average molecular weight is 471 g/mol. The Hall–Kier alpha value is -3.22. The highest BCUT2D eigenvalue weighted by molar-refractivity contribution is 7.23. The molecule has 1 unspecified atom stereocenters. The van der Waals surface area contributed by atoms with Gasteiger partial charge in [0, 0.05) is 35.8 Å². The monoisotopic (exact) mass is 470 g/mol. The van der Waals surface area contributed by atoms with E-state index in [9.17, 15) is 4.39 Å². The van der Waals surface area contributed by atoms with Gasteiger partial charge in [0.25, 0.3) is 0 Å². The molecule has 34 heavy (non-hydrogen) atoms. The van der Waals surface area contributed by atoms with Gasteiger partial charge in [-0.05, 0) is 49.7 Å². The van der Waals surface area contributed by atoms with Crippen molar-refractivity contribution in [1.82, 2.24) is 9.80 Å². The lowest BCUT2D eigenvalue weighted by atomic mass is 10.0. The summed E-state index contributed by atoms with van der Waals surface area (Å²) < 4.78 is 15.3. The highest BCUT2D eigenvalue weighted by Gasteiger charge is 2.31. The number of piperazine rings is 1. The van der Waals surface area contributed by atoms with Gasteiger partial charge in [0.1, 0.15) is 16.7 Å². The molecule has 3 aromatic carbocycles. The Kier molecular flexibility index (Phi) is 5.55. The summed E-state index contributed by atoms with van der Waals surface area (Å²) in [5.41, 5.74) is 4.01. The summed E-state index contributed by atoms with van der Waals surface area (Å²) in [6, 6.07) is 24.4. The fourth-order valence-electron chi connectivity index (χ4n) is 5.01. The standard InChI is InChI=1S/C28H27FN4S/c1-32-15-16-33(18-21(32)13-11-19-7-3-2-4-8-19)27-26-22-9-5-6-10-25(22)34-28(26)31-24-17-20(29)12-14-23(24)30-27/h2-10,12,14,17,21,31H,11,13,15-16,18H2,1H3. The van der Waals surface area contributed by atoms with Crippen molar-refractivity contribution < 1.29 is 4.39 Å². The van der Waals surface area contributed by atoms with Crippen LogP contribution in [0, 0.1) is 5.82 Å². The van der Waals surface area contributed by atoms with E-state index in [-0.39, 0.29) is 5.82 Å². The van der Waals surface area contributed by atoms with Crippen LogP contribution in [-0.2, 0) is 6.42 Å². The van der Waals surface area contributed by atoms with E-state index in [4.69, 9.17) is 4.99 Å². The van der Waals surface area contributed by atoms with Crippen LogP contribution in [-0.4, -0.2) is 48.4 Å². The van der Waals surface area contributed by atoms with Crippen molar-refractivity contribution in [3.05, 3.63) is 89.7 Å². The van der Waals surface area contributed by atoms with E-state index in [1.165, 1.54) is 21.7 Å². The second-order valence-corrected chi connectivity index (χ2v) is 10.2. The van der Waals surface area contributed by atoms with E-state index in [1.807, 2.05) is 0 Å². The number of hydrogen-bond donors (Lipinski definition) is 1. The highest BCUT2D eigenvalue weighted by atomic mass is 32.1. The van der Waals surface area contributed by atoms with Crippen molar-refractivity contribution in [2.24, 2.45) is 4.99 Å². The molecule has 4 nitrogen and oxygen atoms in total. The van der Waals surface area contributed by atoms with Crippen LogP contribution in [0.15, 0.2) is 77.8 Å². The summed E-state index contributed by atoms with van der Waals surface area (Å²) in [5, 5.41) is 5.72. The number of nitrogens with one attached hydrogen (secondary N) is 1. The summed E-state index contributed by atoms with van der Waals surface area (Å²) in [6.07, 6.45) is 2.16. The van der Waals surface area contributed by atoms with Crippen LogP contribution in [0.25, 0.3) is 10.1 Å². The molecule has 172 valence electrons. The fraction of sp³-hybridized carbons (Fsp3) is 0.250. The van der Waals surface area contributed by atoms with E-state index >= 15 is 0 Å². The lowest BCUT2D eigenvalue weighted by Crippen LogP contribution is -2.53. The molecule has 1 N–H and O–H groups in total. The fourth-order valence-corrected chi connectivity index (χ4v) is 6.12. The summed E-state index contributed by atoms with van der Waals surface area (Å²) in [7, 11) is 2.23. The maximum atomic E-state index is 14.1. The number of halogens is 1. The van der Waals surface area contributed by atoms with Crippen LogP contribution in [0.3, 0.4) is 0 Å². The second kappa shape index (κ2) is 8.85. The molecule has 0 spiro atoms. The molecule has 2 aliphatic rings. The Bertz CT molecular complexity index is 1360. The molecule has 6 rings (SSSR count). The van der Waals surface area contributed by atoms with Crippen molar-refractivity contribution in [2.45, 2.75) is 18.9 Å². The molecule has 6 heteroatoms. The third kappa shape index (κ3) is 3.97. The maximum absolute atomic E-state index is 14.1. The van der Waals surface area contributed by atoms with Gasteiger partial charge in [-0.3, -0.25) is 4.90 Å². The molecule has 1 fully saturated rings. The summed E-state index contributed by atoms with van der Waals surface area (Å²) >= 11 is 1.71. The topological polar surface area (TPSA) is 30.9 Å². The van der Waals surface area contributed by atoms with Crippen LogP contribution in [0.5, 0.6) is 0 Å². The second-order valence-electron chi connectivity index (χ2n) is 9.13. The van der Waals surface area contributed by atoms with Gasteiger partial charge in [-0.15, -0.1) is 11.3 Å². The first-order valence-electron chi connectivity index (χ1n) is 11.8. The highest BCUT2D eigenvalue weighted by Crippen LogP contribution is 2.43. The molecule has 3 heterocycles. The van der Waals surface area contributed by atoms with E-state index in [0.29, 0.717) is 6.04 Å². The first-order chi connectivity index (χ1) is 16.7. The molecular formula is C28H27FN4S. The third-order valence-electron chi connectivity index (χ3n) is 6.94.